The minimum Gasteiger partial charge on any atom is -0.298 e. The Bertz CT molecular complexity index is 158. The van der Waals surface area contributed by atoms with Crippen molar-refractivity contribution in [3.63, 3.8) is 0 Å². The van der Waals surface area contributed by atoms with Crippen LogP contribution in [0.1, 0.15) is 51.4 Å². The molecule has 2 aliphatic rings. The molecule has 2 fully saturated rings. The first-order valence-corrected chi connectivity index (χ1v) is 5.31. The summed E-state index contributed by atoms with van der Waals surface area (Å²) in [4.78, 5) is 4.15. The molecular formula is C11H19N. The van der Waals surface area contributed by atoms with Gasteiger partial charge in [0.25, 0.3) is 0 Å². The summed E-state index contributed by atoms with van der Waals surface area (Å²) in [5.41, 5.74) is 0.765. The van der Waals surface area contributed by atoms with Crippen LogP contribution in [0.4, 0.5) is 0 Å². The molecule has 68 valence electrons. The Kier molecular flexibility index (Phi) is 2.20. The van der Waals surface area contributed by atoms with Crippen molar-refractivity contribution < 1.29 is 0 Å². The van der Waals surface area contributed by atoms with E-state index in [0.29, 0.717) is 6.04 Å². The first-order valence-electron chi connectivity index (χ1n) is 5.31. The van der Waals surface area contributed by atoms with Gasteiger partial charge in [-0.15, -0.1) is 0 Å². The molecule has 0 heterocycles. The standard InChI is InChI=1S/C11H19N/c1-12-10-4-8-11(9-5-10)6-2-3-7-11/h10H,1-9H2. The first kappa shape index (κ1) is 8.28. The molecule has 1 heteroatoms. The molecule has 0 aromatic heterocycles. The summed E-state index contributed by atoms with van der Waals surface area (Å²) in [7, 11) is 0. The predicted molar refractivity (Wildman–Crippen MR) is 52.7 cm³/mol. The van der Waals surface area contributed by atoms with E-state index in [1.807, 2.05) is 0 Å². The molecule has 12 heavy (non-hydrogen) atoms. The lowest BCUT2D eigenvalue weighted by Gasteiger charge is -2.35. The third-order valence-electron chi connectivity index (χ3n) is 3.94. The normalized spacial score (nSPS) is 29.3. The van der Waals surface area contributed by atoms with E-state index in [4.69, 9.17) is 0 Å². The maximum atomic E-state index is 4.15. The highest BCUT2D eigenvalue weighted by atomic mass is 14.8. The van der Waals surface area contributed by atoms with Gasteiger partial charge in [-0.3, -0.25) is 4.99 Å². The van der Waals surface area contributed by atoms with Gasteiger partial charge < -0.3 is 0 Å². The van der Waals surface area contributed by atoms with Crippen molar-refractivity contribution in [3.8, 4) is 0 Å². The Morgan fingerprint density at radius 3 is 2.08 bits per heavy atom. The van der Waals surface area contributed by atoms with Crippen LogP contribution in [0.15, 0.2) is 4.99 Å². The molecule has 2 rings (SSSR count). The lowest BCUT2D eigenvalue weighted by atomic mass is 9.71. The Balaban J connectivity index is 1.92. The van der Waals surface area contributed by atoms with E-state index in [1.54, 1.807) is 0 Å². The molecule has 2 saturated carbocycles. The summed E-state index contributed by atoms with van der Waals surface area (Å²) in [5, 5.41) is 0. The van der Waals surface area contributed by atoms with Crippen molar-refractivity contribution >= 4 is 6.72 Å². The van der Waals surface area contributed by atoms with E-state index in [2.05, 4.69) is 11.7 Å². The molecule has 0 saturated heterocycles. The second-order valence-corrected chi connectivity index (χ2v) is 4.62. The minimum atomic E-state index is 0.594. The smallest absolute Gasteiger partial charge is 0.0492 e. The summed E-state index contributed by atoms with van der Waals surface area (Å²) in [6.45, 7) is 3.65. The SMILES string of the molecule is C=NC1CCC2(CCCC2)CC1. The van der Waals surface area contributed by atoms with E-state index >= 15 is 0 Å². The molecule has 0 bridgehead atoms. The zero-order valence-electron chi connectivity index (χ0n) is 7.89. The summed E-state index contributed by atoms with van der Waals surface area (Å²) in [5.74, 6) is 0. The average Bonchev–Trinajstić information content (AvgIpc) is 2.55. The summed E-state index contributed by atoms with van der Waals surface area (Å²) in [6, 6.07) is 0.594. The van der Waals surface area contributed by atoms with E-state index in [-0.39, 0.29) is 0 Å². The van der Waals surface area contributed by atoms with Gasteiger partial charge in [0.15, 0.2) is 0 Å². The van der Waals surface area contributed by atoms with Crippen molar-refractivity contribution in [1.82, 2.24) is 0 Å². The van der Waals surface area contributed by atoms with Gasteiger partial charge >= 0.3 is 0 Å². The second-order valence-electron chi connectivity index (χ2n) is 4.62. The largest absolute Gasteiger partial charge is 0.298 e. The molecule has 1 spiro atoms. The highest BCUT2D eigenvalue weighted by molar-refractivity contribution is 5.24. The molecule has 2 aliphatic carbocycles. The summed E-state index contributed by atoms with van der Waals surface area (Å²) < 4.78 is 0. The van der Waals surface area contributed by atoms with Gasteiger partial charge in [-0.05, 0) is 50.7 Å². The molecule has 0 aromatic rings. The van der Waals surface area contributed by atoms with Crippen molar-refractivity contribution in [3.05, 3.63) is 0 Å². The van der Waals surface area contributed by atoms with Gasteiger partial charge in [0.05, 0.1) is 0 Å². The Hall–Kier alpha value is -0.330. The Morgan fingerprint density at radius 1 is 1.00 bits per heavy atom. The fourth-order valence-corrected chi connectivity index (χ4v) is 3.02. The van der Waals surface area contributed by atoms with Gasteiger partial charge in [0, 0.05) is 6.04 Å². The van der Waals surface area contributed by atoms with Crippen molar-refractivity contribution in [2.75, 3.05) is 0 Å². The first-order chi connectivity index (χ1) is 5.85. The Morgan fingerprint density at radius 2 is 1.58 bits per heavy atom. The van der Waals surface area contributed by atoms with Gasteiger partial charge in [-0.25, -0.2) is 0 Å². The van der Waals surface area contributed by atoms with Gasteiger partial charge in [0.2, 0.25) is 0 Å². The minimum absolute atomic E-state index is 0.594. The van der Waals surface area contributed by atoms with Crippen molar-refractivity contribution in [1.29, 1.82) is 0 Å². The summed E-state index contributed by atoms with van der Waals surface area (Å²) >= 11 is 0. The lowest BCUT2D eigenvalue weighted by Crippen LogP contribution is -2.26. The zero-order chi connectivity index (χ0) is 8.44. The fourth-order valence-electron chi connectivity index (χ4n) is 3.02. The number of aliphatic imine (C=N–C) groups is 1. The van der Waals surface area contributed by atoms with Crippen LogP contribution in [0.3, 0.4) is 0 Å². The third-order valence-corrected chi connectivity index (χ3v) is 3.94. The number of rotatable bonds is 1. The van der Waals surface area contributed by atoms with Crippen LogP contribution in [-0.4, -0.2) is 12.8 Å². The fraction of sp³-hybridized carbons (Fsp3) is 0.909. The molecule has 0 aliphatic heterocycles. The highest BCUT2D eigenvalue weighted by Crippen LogP contribution is 2.49. The maximum absolute atomic E-state index is 4.15. The van der Waals surface area contributed by atoms with Gasteiger partial charge in [0.1, 0.15) is 0 Å². The van der Waals surface area contributed by atoms with E-state index in [9.17, 15) is 0 Å². The molecule has 0 radical (unpaired) electrons. The predicted octanol–water partition coefficient (Wildman–Crippen LogP) is 3.19. The van der Waals surface area contributed by atoms with Crippen molar-refractivity contribution in [2.24, 2.45) is 10.4 Å². The lowest BCUT2D eigenvalue weighted by molar-refractivity contribution is 0.183. The zero-order valence-corrected chi connectivity index (χ0v) is 7.89. The van der Waals surface area contributed by atoms with E-state index < -0.39 is 0 Å². The van der Waals surface area contributed by atoms with Crippen LogP contribution < -0.4 is 0 Å². The quantitative estimate of drug-likeness (QED) is 0.529. The Labute approximate surface area is 75.3 Å². The molecule has 0 unspecified atom stereocenters. The number of hydrogen-bond donors (Lipinski definition) is 0. The van der Waals surface area contributed by atoms with Crippen LogP contribution in [0.25, 0.3) is 0 Å². The molecule has 0 aromatic carbocycles. The molecule has 0 N–H and O–H groups in total. The molecular weight excluding hydrogens is 146 g/mol. The summed E-state index contributed by atoms with van der Waals surface area (Å²) in [6.07, 6.45) is 11.4. The monoisotopic (exact) mass is 165 g/mol. The van der Waals surface area contributed by atoms with Crippen LogP contribution in [-0.2, 0) is 0 Å². The number of hydrogen-bond acceptors (Lipinski definition) is 1. The van der Waals surface area contributed by atoms with Crippen LogP contribution in [0.5, 0.6) is 0 Å². The molecule has 1 nitrogen and oxygen atoms in total. The maximum Gasteiger partial charge on any atom is 0.0492 e. The topological polar surface area (TPSA) is 12.4 Å². The van der Waals surface area contributed by atoms with Crippen LogP contribution in [0.2, 0.25) is 0 Å². The van der Waals surface area contributed by atoms with Crippen LogP contribution >= 0.6 is 0 Å². The third kappa shape index (κ3) is 1.41. The van der Waals surface area contributed by atoms with Gasteiger partial charge in [-0.1, -0.05) is 12.8 Å². The molecule has 0 amide bonds. The van der Waals surface area contributed by atoms with Gasteiger partial charge in [-0.2, -0.15) is 0 Å². The number of nitrogens with zero attached hydrogens (tertiary/aromatic N) is 1. The van der Waals surface area contributed by atoms with E-state index in [1.165, 1.54) is 51.4 Å². The molecule has 0 atom stereocenters. The second kappa shape index (κ2) is 3.20. The van der Waals surface area contributed by atoms with E-state index in [0.717, 1.165) is 5.41 Å². The van der Waals surface area contributed by atoms with Crippen molar-refractivity contribution in [2.45, 2.75) is 57.4 Å². The van der Waals surface area contributed by atoms with Crippen LogP contribution in [0, 0.1) is 5.41 Å². The highest BCUT2D eigenvalue weighted by Gasteiger charge is 2.36. The average molecular weight is 165 g/mol.